The quantitative estimate of drug-likeness (QED) is 0.502. The molecule has 0 spiro atoms. The van der Waals surface area contributed by atoms with Crippen LogP contribution in [0.1, 0.15) is 13.3 Å². The molecule has 15 heavy (non-hydrogen) atoms. The van der Waals surface area contributed by atoms with Crippen LogP contribution >= 0.6 is 16.5 Å². The van der Waals surface area contributed by atoms with Crippen LogP contribution in [0.15, 0.2) is 0 Å². The van der Waals surface area contributed by atoms with E-state index in [-0.39, 0.29) is 12.5 Å². The summed E-state index contributed by atoms with van der Waals surface area (Å²) in [6.45, 7) is 1.83. The first kappa shape index (κ1) is 17.2. The second kappa shape index (κ2) is 10.3. The molecular weight excluding hydrogens is 248 g/mol. The van der Waals surface area contributed by atoms with Crippen molar-refractivity contribution < 1.29 is 33.1 Å². The van der Waals surface area contributed by atoms with Gasteiger partial charge in [-0.2, -0.15) is 0 Å². The SMILES string of the molecule is CNC(C)CC(=O)O.O=[PH](O)O[PH](=O)O. The van der Waals surface area contributed by atoms with Crippen molar-refractivity contribution in [1.29, 1.82) is 0 Å². The third-order valence-corrected chi connectivity index (χ3v) is 2.55. The lowest BCUT2D eigenvalue weighted by molar-refractivity contribution is -0.137. The average Bonchev–Trinajstić information content (AvgIpc) is 2.01. The minimum Gasteiger partial charge on any atom is -0.481 e. The normalized spacial score (nSPS) is 15.7. The van der Waals surface area contributed by atoms with Crippen LogP contribution in [0.2, 0.25) is 0 Å². The number of nitrogens with one attached hydrogen (secondary N) is 1. The lowest BCUT2D eigenvalue weighted by Crippen LogP contribution is -2.24. The Hall–Kier alpha value is -0.230. The lowest BCUT2D eigenvalue weighted by Gasteiger charge is -2.03. The Kier molecular flexibility index (Phi) is 11.8. The summed E-state index contributed by atoms with van der Waals surface area (Å²) in [5, 5.41) is 11.0. The van der Waals surface area contributed by atoms with Gasteiger partial charge in [-0.25, -0.2) is 4.31 Å². The molecule has 92 valence electrons. The van der Waals surface area contributed by atoms with E-state index in [0.29, 0.717) is 0 Å². The highest BCUT2D eigenvalue weighted by Crippen LogP contribution is 2.30. The summed E-state index contributed by atoms with van der Waals surface area (Å²) in [4.78, 5) is 25.4. The number of carboxylic acids is 1. The molecule has 0 fully saturated rings. The van der Waals surface area contributed by atoms with Crippen LogP contribution in [0, 0.1) is 0 Å². The van der Waals surface area contributed by atoms with E-state index in [0.717, 1.165) is 0 Å². The molecule has 3 unspecified atom stereocenters. The largest absolute Gasteiger partial charge is 0.481 e. The third-order valence-electron chi connectivity index (χ3n) is 1.15. The second-order valence-electron chi connectivity index (χ2n) is 2.42. The zero-order chi connectivity index (χ0) is 12.4. The van der Waals surface area contributed by atoms with Crippen molar-refractivity contribution in [3.63, 3.8) is 0 Å². The molecule has 0 saturated carbocycles. The fraction of sp³-hybridized carbons (Fsp3) is 0.800. The molecule has 0 saturated heterocycles. The van der Waals surface area contributed by atoms with Gasteiger partial charge >= 0.3 is 22.5 Å². The van der Waals surface area contributed by atoms with Crippen LogP contribution in [0.5, 0.6) is 0 Å². The molecule has 0 aliphatic rings. The highest BCUT2D eigenvalue weighted by atomic mass is 31.2. The molecule has 0 aliphatic heterocycles. The molecule has 0 radical (unpaired) electrons. The van der Waals surface area contributed by atoms with Gasteiger partial charge in [-0.05, 0) is 14.0 Å². The van der Waals surface area contributed by atoms with E-state index in [1.807, 2.05) is 6.92 Å². The predicted octanol–water partition coefficient (Wildman–Crippen LogP) is -0.164. The Labute approximate surface area is 88.2 Å². The Morgan fingerprint density at radius 2 is 1.80 bits per heavy atom. The van der Waals surface area contributed by atoms with Crippen LogP contribution in [0.3, 0.4) is 0 Å². The molecule has 0 rings (SSSR count). The highest BCUT2D eigenvalue weighted by molar-refractivity contribution is 7.46. The van der Waals surface area contributed by atoms with Gasteiger partial charge in [0.1, 0.15) is 0 Å². The van der Waals surface area contributed by atoms with Crippen LogP contribution in [-0.2, 0) is 18.2 Å². The Bertz CT molecular complexity index is 221. The number of rotatable bonds is 5. The maximum Gasteiger partial charge on any atom is 0.323 e. The average molecular weight is 263 g/mol. The minimum atomic E-state index is -3.20. The number of carbonyl (C=O) groups is 1. The van der Waals surface area contributed by atoms with E-state index in [1.165, 1.54) is 0 Å². The van der Waals surface area contributed by atoms with Gasteiger partial charge in [0.05, 0.1) is 6.42 Å². The van der Waals surface area contributed by atoms with Crippen LogP contribution in [0.25, 0.3) is 0 Å². The summed E-state index contributed by atoms with van der Waals surface area (Å²) in [5.41, 5.74) is 0. The molecule has 8 nitrogen and oxygen atoms in total. The molecule has 0 aliphatic carbocycles. The van der Waals surface area contributed by atoms with Crippen LogP contribution < -0.4 is 5.32 Å². The molecule has 0 aromatic carbocycles. The molecule has 3 atom stereocenters. The summed E-state index contributed by atoms with van der Waals surface area (Å²) >= 11 is 0. The fourth-order valence-corrected chi connectivity index (χ4v) is 1.04. The third kappa shape index (κ3) is 20.0. The minimum absolute atomic E-state index is 0.0764. The Morgan fingerprint density at radius 3 is 1.87 bits per heavy atom. The van der Waals surface area contributed by atoms with Gasteiger partial charge in [-0.15, -0.1) is 0 Å². The summed E-state index contributed by atoms with van der Waals surface area (Å²) in [5.74, 6) is -0.758. The van der Waals surface area contributed by atoms with E-state index in [1.54, 1.807) is 7.05 Å². The first-order valence-corrected chi connectivity index (χ1v) is 6.35. The van der Waals surface area contributed by atoms with E-state index >= 15 is 0 Å². The maximum atomic E-state index is 9.93. The fourth-order valence-electron chi connectivity index (χ4n) is 0.439. The molecule has 4 N–H and O–H groups in total. The topological polar surface area (TPSA) is 133 Å². The summed E-state index contributed by atoms with van der Waals surface area (Å²) in [6.07, 6.45) is 0.191. The molecule has 0 aromatic heterocycles. The van der Waals surface area contributed by atoms with Gasteiger partial charge in [0.15, 0.2) is 0 Å². The van der Waals surface area contributed by atoms with Crippen LogP contribution in [-0.4, -0.2) is 34.0 Å². The van der Waals surface area contributed by atoms with E-state index in [4.69, 9.17) is 14.9 Å². The van der Waals surface area contributed by atoms with Crippen molar-refractivity contribution in [2.45, 2.75) is 19.4 Å². The van der Waals surface area contributed by atoms with Crippen molar-refractivity contribution in [2.75, 3.05) is 7.05 Å². The summed E-state index contributed by atoms with van der Waals surface area (Å²) in [6, 6.07) is 0.0764. The first-order valence-electron chi connectivity index (χ1n) is 3.82. The molecule has 0 aromatic rings. The van der Waals surface area contributed by atoms with E-state index < -0.39 is 22.5 Å². The number of aliphatic carboxylic acids is 1. The van der Waals surface area contributed by atoms with Crippen molar-refractivity contribution in [2.24, 2.45) is 0 Å². The predicted molar refractivity (Wildman–Crippen MR) is 54.3 cm³/mol. The van der Waals surface area contributed by atoms with Gasteiger partial charge in [-0.3, -0.25) is 13.9 Å². The molecular formula is C5H15NO7P2. The Balaban J connectivity index is 0. The van der Waals surface area contributed by atoms with Crippen molar-refractivity contribution in [1.82, 2.24) is 5.32 Å². The second-order valence-corrected chi connectivity index (χ2v) is 4.30. The monoisotopic (exact) mass is 263 g/mol. The standard InChI is InChI=1S/C5H11NO2.H4O5P2/c1-4(6-2)3-5(7)8;1-6(2)5-7(3)4/h4,6H,3H2,1-2H3,(H,7,8);6-7H,(H,1,2)(H,3,4). The maximum absolute atomic E-state index is 9.93. The van der Waals surface area contributed by atoms with E-state index in [2.05, 4.69) is 9.63 Å². The van der Waals surface area contributed by atoms with Crippen molar-refractivity contribution in [3.05, 3.63) is 0 Å². The van der Waals surface area contributed by atoms with Crippen molar-refractivity contribution in [3.8, 4) is 0 Å². The van der Waals surface area contributed by atoms with Crippen LogP contribution in [0.4, 0.5) is 0 Å². The number of hydrogen-bond acceptors (Lipinski definition) is 5. The smallest absolute Gasteiger partial charge is 0.323 e. The van der Waals surface area contributed by atoms with Gasteiger partial charge in [0.25, 0.3) is 0 Å². The van der Waals surface area contributed by atoms with E-state index in [9.17, 15) is 13.9 Å². The van der Waals surface area contributed by atoms with Gasteiger partial charge < -0.3 is 20.2 Å². The first-order chi connectivity index (χ1) is 6.79. The number of hydrogen-bond donors (Lipinski definition) is 4. The van der Waals surface area contributed by atoms with Crippen molar-refractivity contribution >= 4 is 22.5 Å². The zero-order valence-electron chi connectivity index (χ0n) is 8.26. The summed E-state index contributed by atoms with van der Waals surface area (Å²) in [7, 11) is -4.66. The van der Waals surface area contributed by atoms with Gasteiger partial charge in [-0.1, -0.05) is 0 Å². The summed E-state index contributed by atoms with van der Waals surface area (Å²) < 4.78 is 22.3. The molecule has 0 heterocycles. The van der Waals surface area contributed by atoms with Gasteiger partial charge in [0.2, 0.25) is 0 Å². The zero-order valence-corrected chi connectivity index (χ0v) is 10.3. The molecule has 0 bridgehead atoms. The Morgan fingerprint density at radius 1 is 1.40 bits per heavy atom. The number of carboxylic acid groups (broad SMARTS) is 1. The lowest BCUT2D eigenvalue weighted by atomic mass is 10.2. The molecule has 0 amide bonds. The highest BCUT2D eigenvalue weighted by Gasteiger charge is 2.02. The van der Waals surface area contributed by atoms with Gasteiger partial charge in [0, 0.05) is 6.04 Å². The molecule has 10 heteroatoms.